The number of aryl methyl sites for hydroxylation is 2. The number of aromatic nitrogens is 1. The average Bonchev–Trinajstić information content (AvgIpc) is 2.87. The molecule has 0 aromatic carbocycles. The van der Waals surface area contributed by atoms with E-state index >= 15 is 0 Å². The maximum atomic E-state index is 6.07. The summed E-state index contributed by atoms with van der Waals surface area (Å²) in [5, 5.41) is 4.10. The Hall–Kier alpha value is -0.790. The van der Waals surface area contributed by atoms with Gasteiger partial charge in [-0.3, -0.25) is 0 Å². The molecule has 5 nitrogen and oxygen atoms in total. The van der Waals surface area contributed by atoms with Crippen LogP contribution in [0.5, 0.6) is 0 Å². The van der Waals surface area contributed by atoms with Gasteiger partial charge in [0.15, 0.2) is 5.96 Å². The number of halogens is 1. The van der Waals surface area contributed by atoms with Gasteiger partial charge >= 0.3 is 0 Å². The van der Waals surface area contributed by atoms with Crippen molar-refractivity contribution in [3.05, 3.63) is 17.0 Å². The lowest BCUT2D eigenvalue weighted by molar-refractivity contribution is 0.338. The van der Waals surface area contributed by atoms with Gasteiger partial charge in [-0.2, -0.15) is 0 Å². The molecule has 0 atom stereocenters. The Morgan fingerprint density at radius 2 is 1.95 bits per heavy atom. The molecular weight excluding hydrogens is 367 g/mol. The van der Waals surface area contributed by atoms with Crippen molar-refractivity contribution in [2.75, 3.05) is 13.1 Å². The second kappa shape index (κ2) is 8.49. The second-order valence-electron chi connectivity index (χ2n) is 4.96. The first kappa shape index (κ1) is 17.3. The highest BCUT2D eigenvalue weighted by Crippen LogP contribution is 2.17. The molecule has 0 aliphatic carbocycles. The molecular formula is C14H25IN4O. The van der Waals surface area contributed by atoms with Crippen LogP contribution in [0.4, 0.5) is 0 Å². The molecule has 0 amide bonds. The van der Waals surface area contributed by atoms with Crippen molar-refractivity contribution in [3.63, 3.8) is 0 Å². The summed E-state index contributed by atoms with van der Waals surface area (Å²) in [5.74, 6) is 1.59. The predicted molar refractivity (Wildman–Crippen MR) is 91.4 cm³/mol. The van der Waals surface area contributed by atoms with E-state index in [4.69, 9.17) is 10.3 Å². The normalized spacial score (nSPS) is 16.1. The third kappa shape index (κ3) is 4.10. The van der Waals surface area contributed by atoms with E-state index < -0.39 is 0 Å². The Morgan fingerprint density at radius 1 is 1.25 bits per heavy atom. The van der Waals surface area contributed by atoms with Gasteiger partial charge in [0.2, 0.25) is 0 Å². The quantitative estimate of drug-likeness (QED) is 0.486. The molecule has 1 aliphatic heterocycles. The van der Waals surface area contributed by atoms with Crippen LogP contribution in [0.15, 0.2) is 9.52 Å². The molecule has 0 unspecified atom stereocenters. The first-order valence-electron chi connectivity index (χ1n) is 7.27. The molecule has 1 fully saturated rings. The Labute approximate surface area is 138 Å². The molecule has 1 aromatic rings. The smallest absolute Gasteiger partial charge is 0.191 e. The first-order valence-corrected chi connectivity index (χ1v) is 7.27. The van der Waals surface area contributed by atoms with Crippen LogP contribution in [0.1, 0.15) is 50.1 Å². The predicted octanol–water partition coefficient (Wildman–Crippen LogP) is 2.72. The molecule has 20 heavy (non-hydrogen) atoms. The van der Waals surface area contributed by atoms with Gasteiger partial charge in [0.05, 0.1) is 12.2 Å². The fraction of sp³-hybridized carbons (Fsp3) is 0.714. The molecule has 2 N–H and O–H groups in total. The number of hydrogen-bond acceptors (Lipinski definition) is 3. The highest BCUT2D eigenvalue weighted by Gasteiger charge is 2.15. The number of rotatable bonds is 4. The van der Waals surface area contributed by atoms with Crippen molar-refractivity contribution in [3.8, 4) is 0 Å². The number of hydrogen-bond donors (Lipinski definition) is 1. The van der Waals surface area contributed by atoms with E-state index in [1.807, 2.05) is 0 Å². The van der Waals surface area contributed by atoms with Crippen LogP contribution in [-0.4, -0.2) is 29.1 Å². The van der Waals surface area contributed by atoms with E-state index in [2.05, 4.69) is 28.9 Å². The maximum absolute atomic E-state index is 6.07. The molecule has 0 saturated carbocycles. The summed E-state index contributed by atoms with van der Waals surface area (Å²) in [6.45, 7) is 6.79. The molecule has 1 aromatic heterocycles. The van der Waals surface area contributed by atoms with Crippen molar-refractivity contribution >= 4 is 29.9 Å². The average molecular weight is 392 g/mol. The third-order valence-corrected chi connectivity index (χ3v) is 3.69. The largest absolute Gasteiger partial charge is 0.370 e. The third-order valence-electron chi connectivity index (χ3n) is 3.69. The lowest BCUT2D eigenvalue weighted by atomic mass is 10.1. The molecule has 0 spiro atoms. The minimum absolute atomic E-state index is 0. The highest BCUT2D eigenvalue weighted by atomic mass is 127. The maximum Gasteiger partial charge on any atom is 0.191 e. The zero-order valence-corrected chi connectivity index (χ0v) is 14.7. The fourth-order valence-corrected chi connectivity index (χ4v) is 2.50. The van der Waals surface area contributed by atoms with E-state index in [9.17, 15) is 0 Å². The summed E-state index contributed by atoms with van der Waals surface area (Å²) in [4.78, 5) is 6.70. The van der Waals surface area contributed by atoms with Gasteiger partial charge in [-0.15, -0.1) is 24.0 Å². The van der Waals surface area contributed by atoms with E-state index in [1.165, 1.54) is 19.3 Å². The van der Waals surface area contributed by atoms with Crippen LogP contribution in [-0.2, 0) is 19.4 Å². The van der Waals surface area contributed by atoms with Crippen molar-refractivity contribution < 1.29 is 4.52 Å². The summed E-state index contributed by atoms with van der Waals surface area (Å²) in [6, 6.07) is 0. The minimum Gasteiger partial charge on any atom is -0.370 e. The molecule has 1 aliphatic rings. The molecule has 0 radical (unpaired) electrons. The Balaban J connectivity index is 0.00000200. The van der Waals surface area contributed by atoms with E-state index in [1.54, 1.807) is 0 Å². The topological polar surface area (TPSA) is 67.6 Å². The summed E-state index contributed by atoms with van der Waals surface area (Å²) < 4.78 is 5.34. The second-order valence-corrected chi connectivity index (χ2v) is 4.96. The molecule has 0 bridgehead atoms. The minimum atomic E-state index is 0. The number of guanidine groups is 1. The molecule has 6 heteroatoms. The highest BCUT2D eigenvalue weighted by molar-refractivity contribution is 14.0. The van der Waals surface area contributed by atoms with Crippen LogP contribution < -0.4 is 5.73 Å². The van der Waals surface area contributed by atoms with E-state index in [-0.39, 0.29) is 24.0 Å². The van der Waals surface area contributed by atoms with Crippen molar-refractivity contribution in [1.29, 1.82) is 0 Å². The van der Waals surface area contributed by atoms with Crippen LogP contribution in [0.3, 0.4) is 0 Å². The first-order chi connectivity index (χ1) is 9.26. The van der Waals surface area contributed by atoms with Crippen LogP contribution >= 0.6 is 24.0 Å². The number of aliphatic imine (C=N–C) groups is 1. The van der Waals surface area contributed by atoms with Gasteiger partial charge in [-0.25, -0.2) is 4.99 Å². The lowest BCUT2D eigenvalue weighted by Gasteiger charge is -2.27. The fourth-order valence-electron chi connectivity index (χ4n) is 2.50. The van der Waals surface area contributed by atoms with Crippen molar-refractivity contribution in [1.82, 2.24) is 10.1 Å². The monoisotopic (exact) mass is 392 g/mol. The van der Waals surface area contributed by atoms with Crippen molar-refractivity contribution in [2.45, 2.75) is 52.5 Å². The Morgan fingerprint density at radius 3 is 2.55 bits per heavy atom. The van der Waals surface area contributed by atoms with Gasteiger partial charge < -0.3 is 15.2 Å². The van der Waals surface area contributed by atoms with Crippen LogP contribution in [0, 0.1) is 0 Å². The lowest BCUT2D eigenvalue weighted by Crippen LogP contribution is -2.40. The summed E-state index contributed by atoms with van der Waals surface area (Å²) in [5.41, 5.74) is 8.20. The molecule has 2 rings (SSSR count). The van der Waals surface area contributed by atoms with Gasteiger partial charge in [0.1, 0.15) is 5.76 Å². The molecule has 114 valence electrons. The summed E-state index contributed by atoms with van der Waals surface area (Å²) >= 11 is 0. The van der Waals surface area contributed by atoms with Gasteiger partial charge in [0, 0.05) is 25.1 Å². The van der Waals surface area contributed by atoms with Crippen LogP contribution in [0.25, 0.3) is 0 Å². The summed E-state index contributed by atoms with van der Waals surface area (Å²) in [6.07, 6.45) is 5.45. The number of nitrogens with zero attached hydrogens (tertiary/aromatic N) is 3. The molecule has 2 heterocycles. The number of nitrogens with two attached hydrogens (primary N) is 1. The summed E-state index contributed by atoms with van der Waals surface area (Å²) in [7, 11) is 0. The SMILES string of the molecule is CCc1noc(CC)c1CN=C(N)N1CCCCC1.I. The van der Waals surface area contributed by atoms with Gasteiger partial charge in [0.25, 0.3) is 0 Å². The Bertz CT molecular complexity index is 417. The van der Waals surface area contributed by atoms with Crippen molar-refractivity contribution in [2.24, 2.45) is 10.7 Å². The zero-order chi connectivity index (χ0) is 13.7. The number of likely N-dealkylation sites (tertiary alicyclic amines) is 1. The Kier molecular flexibility index (Phi) is 7.32. The van der Waals surface area contributed by atoms with Gasteiger partial charge in [-0.1, -0.05) is 19.0 Å². The van der Waals surface area contributed by atoms with E-state index in [0.717, 1.165) is 42.9 Å². The zero-order valence-electron chi connectivity index (χ0n) is 12.4. The molecule has 1 saturated heterocycles. The van der Waals surface area contributed by atoms with Gasteiger partial charge in [-0.05, 0) is 25.7 Å². The van der Waals surface area contributed by atoms with Crippen LogP contribution in [0.2, 0.25) is 0 Å². The standard InChI is InChI=1S/C14H24N4O.HI/c1-3-12-11(13(4-2)19-17-12)10-16-14(15)18-8-6-5-7-9-18;/h3-10H2,1-2H3,(H2,15,16);1H. The number of piperidine rings is 1. The van der Waals surface area contributed by atoms with E-state index in [0.29, 0.717) is 12.5 Å².